The fourth-order valence-electron chi connectivity index (χ4n) is 11.5. The molecule has 6 rings (SSSR count). The predicted molar refractivity (Wildman–Crippen MR) is 356 cm³/mol. The molecule has 0 spiro atoms. The second-order valence-electron chi connectivity index (χ2n) is 23.3. The first-order valence-corrected chi connectivity index (χ1v) is 32.2. The van der Waals surface area contributed by atoms with Crippen LogP contribution in [0.1, 0.15) is 60.8 Å². The molecule has 3 aliphatic heterocycles. The van der Waals surface area contributed by atoms with Crippen molar-refractivity contribution in [2.75, 3.05) is 19.6 Å². The molecule has 0 aromatic heterocycles. The minimum atomic E-state index is -2.18. The van der Waals surface area contributed by atoms with Crippen molar-refractivity contribution in [1.29, 1.82) is 5.41 Å². The number of azide groups is 12. The van der Waals surface area contributed by atoms with Crippen molar-refractivity contribution in [2.24, 2.45) is 73.2 Å². The zero-order valence-corrected chi connectivity index (χ0v) is 59.2. The van der Waals surface area contributed by atoms with Crippen LogP contribution in [0, 0.1) is 17.2 Å². The van der Waals surface area contributed by atoms with E-state index in [1.165, 1.54) is 13.8 Å². The maximum atomic E-state index is 15.2. The van der Waals surface area contributed by atoms with Crippen LogP contribution in [0.4, 0.5) is 13.2 Å². The van der Waals surface area contributed by atoms with E-state index in [4.69, 9.17) is 154 Å². The zero-order chi connectivity index (χ0) is 82.0. The van der Waals surface area contributed by atoms with Crippen LogP contribution in [0.25, 0.3) is 125 Å². The fourth-order valence-corrected chi connectivity index (χ4v) is 11.6. The summed E-state index contributed by atoms with van der Waals surface area (Å²) in [6.45, 7) is 6.41. The largest absolute Gasteiger partial charge is 0.458 e. The van der Waals surface area contributed by atoms with E-state index in [0.717, 1.165) is 27.7 Å². The third-order valence-corrected chi connectivity index (χ3v) is 16.9. The molecule has 61 heteroatoms. The summed E-state index contributed by atoms with van der Waals surface area (Å²) in [5.74, 6) is -5.47. The number of aliphatic hydroxyl groups is 4. The van der Waals surface area contributed by atoms with Gasteiger partial charge in [-0.3, -0.25) is 24.6 Å². The van der Waals surface area contributed by atoms with E-state index < -0.39 is 223 Å². The first-order valence-electron chi connectivity index (χ1n) is 31.0. The number of hydrogen-bond donors (Lipinski definition) is 5. The highest BCUT2D eigenvalue weighted by molar-refractivity contribution is 6.76. The molecule has 6 aliphatic rings. The summed E-state index contributed by atoms with van der Waals surface area (Å²) in [4.78, 5) is 77.1. The van der Waals surface area contributed by atoms with Crippen molar-refractivity contribution in [3.63, 3.8) is 0 Å². The van der Waals surface area contributed by atoms with Crippen LogP contribution >= 0.6 is 34.8 Å². The number of rotatable bonds is 24. The molecular formula is C48H65Cl3F3N37O18. The molecule has 55 nitrogen and oxygen atoms in total. The SMILES string of the molecule is CC(=O)O[C@@H]1[C@@H](OC(C)=O)[C@H](N=[N+]=[N-])C[C@H](N=[N+]=[N-])[C@H]1O[C@H]1O[C@H](CN=[N+]=[N-])[C@@H](C)[C@@H](F)[C@H]1N=[N+]=[N-].CC(=O)O[C@@H]1[C@@H](OC(C)=O)[C@H](O)[C@@H](N=[N+]=[N-])C[C@H]1N=[N+]=[N-].C[C@H]1[C@@H](F)[C@@H](N=[N+]=[N-])[C@@H](OC(=N)C(Cl)(Cl)Cl)O[C@@H]1CN=[N+]=[N-].[N-]=[N+]=NC[C@H]1O[C@H](O[C@H]2[C@H](O)[C@@H](O)[C@H](N=[N+]=[N-])C[C@@H]2N=[N+]=[N-])[C@H](N=[N+]=[N-])[C@H](F)[C@@H]1O. The lowest BCUT2D eigenvalue weighted by Crippen LogP contribution is -2.61. The number of esters is 4. The molecule has 0 amide bonds. The van der Waals surface area contributed by atoms with Gasteiger partial charge in [0.15, 0.2) is 24.8 Å². The van der Waals surface area contributed by atoms with Crippen LogP contribution in [-0.4, -0.2) is 245 Å². The van der Waals surface area contributed by atoms with E-state index >= 15 is 4.39 Å². The van der Waals surface area contributed by atoms with Gasteiger partial charge in [0, 0.05) is 98.5 Å². The number of nitrogens with zero attached hydrogens (tertiary/aromatic N) is 36. The van der Waals surface area contributed by atoms with Crippen molar-refractivity contribution in [2.45, 2.75) is 236 Å². The lowest BCUT2D eigenvalue weighted by molar-refractivity contribution is -0.280. The van der Waals surface area contributed by atoms with Gasteiger partial charge in [-0.15, -0.1) is 0 Å². The second kappa shape index (κ2) is 45.9. The number of ether oxygens (including phenoxy) is 10. The smallest absolute Gasteiger partial charge is 0.303 e. The molecule has 0 aromatic carbocycles. The Morgan fingerprint density at radius 3 is 1.09 bits per heavy atom. The van der Waals surface area contributed by atoms with Gasteiger partial charge in [0.25, 0.3) is 3.79 Å². The highest BCUT2D eigenvalue weighted by Crippen LogP contribution is 2.40. The Hall–Kier alpha value is -10.6. The molecule has 109 heavy (non-hydrogen) atoms. The molecule has 5 N–H and O–H groups in total. The van der Waals surface area contributed by atoms with Gasteiger partial charge in [-0.1, -0.05) is 110 Å². The van der Waals surface area contributed by atoms with Crippen LogP contribution in [0.15, 0.2) is 61.4 Å². The molecule has 0 radical (unpaired) electrons. The van der Waals surface area contributed by atoms with Crippen LogP contribution in [0.3, 0.4) is 0 Å². The van der Waals surface area contributed by atoms with Crippen molar-refractivity contribution < 1.29 is 100 Å². The maximum absolute atomic E-state index is 15.2. The van der Waals surface area contributed by atoms with Gasteiger partial charge in [-0.05, 0) is 85.6 Å². The van der Waals surface area contributed by atoms with Crippen molar-refractivity contribution in [3.05, 3.63) is 125 Å². The van der Waals surface area contributed by atoms with Crippen LogP contribution < -0.4 is 0 Å². The van der Waals surface area contributed by atoms with Gasteiger partial charge in [-0.25, -0.2) is 13.2 Å². The summed E-state index contributed by atoms with van der Waals surface area (Å²) >= 11 is 16.4. The van der Waals surface area contributed by atoms with E-state index in [-0.39, 0.29) is 32.4 Å². The summed E-state index contributed by atoms with van der Waals surface area (Å²) in [7, 11) is 0. The molecule has 3 saturated heterocycles. The van der Waals surface area contributed by atoms with Crippen LogP contribution in [-0.2, 0) is 66.5 Å². The fraction of sp³-hybridized carbons (Fsp3) is 0.896. The molecule has 0 aromatic rings. The van der Waals surface area contributed by atoms with Gasteiger partial charge >= 0.3 is 23.9 Å². The normalized spacial score (nSPS) is 35.3. The highest BCUT2D eigenvalue weighted by Gasteiger charge is 2.55. The van der Waals surface area contributed by atoms with Crippen molar-refractivity contribution in [1.82, 2.24) is 0 Å². The van der Waals surface area contributed by atoms with E-state index in [0.29, 0.717) is 0 Å². The number of alkyl halides is 6. The monoisotopic (exact) mass is 1610 g/mol. The zero-order valence-electron chi connectivity index (χ0n) is 56.9. The topological polar surface area (TPSA) is 850 Å². The molecule has 0 unspecified atom stereocenters. The highest BCUT2D eigenvalue weighted by atomic mass is 35.6. The number of carbonyl (C=O) groups excluding carboxylic acids is 4. The first kappa shape index (κ1) is 92.6. The van der Waals surface area contributed by atoms with Crippen LogP contribution in [0.5, 0.6) is 0 Å². The standard InChI is InChI=1S/C17H23FN12O6.C12H17FN12O5.C10H14N6O5.C9H11Cl3FN7O2/c1-6-11(5-23-27-19)35-17(13(12(6)18)26-30-22)36-15-10(25-29-21)4-9(24-28-20)14(33-7(2)31)16(15)34-8(3)32;13-6-7(21-25-17)12(29-5(9(6)27)2-18-22-14)30-11-4(20-24-16)1-3(19-23-15)8(26)10(11)28;1-4(17)20-9-7(14-16-12)3-6(13-15-11)8(19)10(9)21-5(2)18;1-3-4(2-17-19-15)21-7(6(5(3)13)18-20-16)22-8(14)9(10,11)12/h6,9-17H,4-5H2,1-3H3;3-12,26-28H,1-2H2;6-10,19H,3H2,1-2H3;3-7,14H,2H2,1H3/t6-,9-,10+,11-,12-,13-,14+,15-,16-,17-;3-,4+,5-,6+,7-,8+,9-,10-,11-,12-;6-,7+,8+,9-,10-;3-,4-,5-,6-,7-/m1101/s1. The molecule has 6 fully saturated rings. The number of halogens is 6. The quantitative estimate of drug-likeness (QED) is 0.00876. The summed E-state index contributed by atoms with van der Waals surface area (Å²) < 4.78 is 95.5. The number of nitrogens with one attached hydrogen (secondary N) is 1. The third-order valence-electron chi connectivity index (χ3n) is 16.4. The minimum Gasteiger partial charge on any atom is -0.458 e. The Labute approximate surface area is 622 Å². The summed E-state index contributed by atoms with van der Waals surface area (Å²) in [6, 6.07) is -11.1. The van der Waals surface area contributed by atoms with Crippen LogP contribution in [0.2, 0.25) is 0 Å². The van der Waals surface area contributed by atoms with Gasteiger partial charge in [0.05, 0.1) is 86.4 Å². The Kier molecular flexibility index (Phi) is 39.0. The predicted octanol–water partition coefficient (Wildman–Crippen LogP) is 9.96. The lowest BCUT2D eigenvalue weighted by Gasteiger charge is -2.46. The molecule has 592 valence electrons. The summed E-state index contributed by atoms with van der Waals surface area (Å²) in [6.07, 6.45) is -28.8. The number of hydrogen-bond acceptors (Lipinski definition) is 31. The summed E-state index contributed by atoms with van der Waals surface area (Å²) in [5.41, 5.74) is 104. The molecule has 3 aliphatic carbocycles. The number of carbonyl (C=O) groups is 4. The third kappa shape index (κ3) is 26.6. The first-order chi connectivity index (χ1) is 51.7. The van der Waals surface area contributed by atoms with Gasteiger partial charge < -0.3 is 67.8 Å². The molecule has 3 heterocycles. The molecule has 30 atom stereocenters. The van der Waals surface area contributed by atoms with E-state index in [1.807, 2.05) is 0 Å². The van der Waals surface area contributed by atoms with E-state index in [9.17, 15) is 48.4 Å². The van der Waals surface area contributed by atoms with Crippen molar-refractivity contribution in [3.8, 4) is 0 Å². The Morgan fingerprint density at radius 1 is 0.394 bits per heavy atom. The molecule has 0 bridgehead atoms. The molecule has 3 saturated carbocycles. The Balaban J connectivity index is 0.000000386. The minimum absolute atomic E-state index is 0.0367. The number of aliphatic hydroxyl groups excluding tert-OH is 4. The van der Waals surface area contributed by atoms with Gasteiger partial charge in [-0.2, -0.15) is 0 Å². The van der Waals surface area contributed by atoms with Gasteiger partial charge in [0.2, 0.25) is 12.2 Å². The second-order valence-corrected chi connectivity index (χ2v) is 25.5. The van der Waals surface area contributed by atoms with Gasteiger partial charge in [0.1, 0.15) is 73.3 Å². The van der Waals surface area contributed by atoms with Crippen molar-refractivity contribution >= 4 is 64.6 Å². The van der Waals surface area contributed by atoms with E-state index in [2.05, 4.69) is 120 Å². The maximum Gasteiger partial charge on any atom is 0.303 e. The lowest BCUT2D eigenvalue weighted by atomic mass is 9.83. The average Bonchev–Trinajstić information content (AvgIpc) is 0.405. The summed E-state index contributed by atoms with van der Waals surface area (Å²) in [5, 5.41) is 88.8. The molecular weight excluding hydrogens is 1550 g/mol. The van der Waals surface area contributed by atoms with E-state index in [1.54, 1.807) is 0 Å². The Morgan fingerprint density at radius 2 is 0.697 bits per heavy atom. The Bertz CT molecular complexity index is 3790. The average molecular weight is 1610 g/mol.